The predicted octanol–water partition coefficient (Wildman–Crippen LogP) is 2.47. The summed E-state index contributed by atoms with van der Waals surface area (Å²) in [5.74, 6) is 0. The summed E-state index contributed by atoms with van der Waals surface area (Å²) in [6.07, 6.45) is 8.84. The van der Waals surface area contributed by atoms with Crippen molar-refractivity contribution in [1.82, 2.24) is 24.1 Å². The van der Waals surface area contributed by atoms with Crippen LogP contribution in [0.3, 0.4) is 0 Å². The van der Waals surface area contributed by atoms with E-state index in [0.29, 0.717) is 0 Å². The van der Waals surface area contributed by atoms with Crippen LogP contribution in [-0.2, 0) is 0 Å². The van der Waals surface area contributed by atoms with E-state index in [9.17, 15) is 0 Å². The van der Waals surface area contributed by atoms with Crippen molar-refractivity contribution in [3.05, 3.63) is 60.8 Å². The summed E-state index contributed by atoms with van der Waals surface area (Å²) in [6.45, 7) is 2.06. The molecule has 0 atom stereocenters. The summed E-state index contributed by atoms with van der Waals surface area (Å²) >= 11 is 0. The summed E-state index contributed by atoms with van der Waals surface area (Å²) in [5, 5.41) is 0. The average Bonchev–Trinajstić information content (AvgIpc) is 3.12. The Hall–Kier alpha value is -3.15. The van der Waals surface area contributed by atoms with Crippen LogP contribution in [0.4, 0.5) is 5.69 Å². The van der Waals surface area contributed by atoms with Gasteiger partial charge < -0.3 is 5.73 Å². The fourth-order valence-corrected chi connectivity index (χ4v) is 2.57. The lowest BCUT2D eigenvalue weighted by molar-refractivity contribution is 0.803. The van der Waals surface area contributed by atoms with Crippen LogP contribution in [0.15, 0.2) is 55.2 Å². The summed E-state index contributed by atoms with van der Waals surface area (Å²) in [5.41, 5.74) is 11.3. The van der Waals surface area contributed by atoms with Crippen LogP contribution in [0.5, 0.6) is 0 Å². The molecule has 0 fully saturated rings. The van der Waals surface area contributed by atoms with Gasteiger partial charge in [-0.15, -0.1) is 0 Å². The van der Waals surface area contributed by atoms with E-state index >= 15 is 0 Å². The molecule has 0 bridgehead atoms. The van der Waals surface area contributed by atoms with Crippen LogP contribution >= 0.6 is 0 Å². The number of aryl methyl sites for hydroxylation is 1. The first-order chi connectivity index (χ1) is 10.7. The molecule has 3 heterocycles. The largest absolute Gasteiger partial charge is 0.399 e. The van der Waals surface area contributed by atoms with Crippen molar-refractivity contribution >= 4 is 11.3 Å². The van der Waals surface area contributed by atoms with Gasteiger partial charge in [-0.3, -0.25) is 14.6 Å². The molecular formula is C16H14N6. The fraction of sp³-hybridized carbons (Fsp3) is 0.0625. The number of benzene rings is 1. The molecule has 3 aromatic heterocycles. The quantitative estimate of drug-likeness (QED) is 0.575. The minimum absolute atomic E-state index is 0.726. The minimum Gasteiger partial charge on any atom is -0.399 e. The number of fused-ring (bicyclic) bond motifs is 1. The van der Waals surface area contributed by atoms with E-state index in [1.54, 1.807) is 24.8 Å². The lowest BCUT2D eigenvalue weighted by Crippen LogP contribution is -2.06. The third kappa shape index (κ3) is 1.85. The maximum Gasteiger partial charge on any atom is 0.154 e. The smallest absolute Gasteiger partial charge is 0.154 e. The van der Waals surface area contributed by atoms with Gasteiger partial charge in [0.25, 0.3) is 0 Å². The molecule has 4 rings (SSSR count). The van der Waals surface area contributed by atoms with Gasteiger partial charge >= 0.3 is 0 Å². The summed E-state index contributed by atoms with van der Waals surface area (Å²) in [7, 11) is 0. The molecule has 0 aliphatic heterocycles. The van der Waals surface area contributed by atoms with Crippen molar-refractivity contribution < 1.29 is 0 Å². The van der Waals surface area contributed by atoms with E-state index in [1.807, 2.05) is 39.7 Å². The molecule has 0 radical (unpaired) electrons. The van der Waals surface area contributed by atoms with Gasteiger partial charge in [0.1, 0.15) is 11.4 Å². The molecule has 2 N–H and O–H groups in total. The van der Waals surface area contributed by atoms with Gasteiger partial charge in [0, 0.05) is 30.3 Å². The Morgan fingerprint density at radius 2 is 1.95 bits per heavy atom. The average molecular weight is 290 g/mol. The van der Waals surface area contributed by atoms with Crippen LogP contribution in [0.25, 0.3) is 22.7 Å². The Bertz CT molecular complexity index is 951. The van der Waals surface area contributed by atoms with Gasteiger partial charge in [-0.2, -0.15) is 0 Å². The van der Waals surface area contributed by atoms with Gasteiger partial charge in [0.2, 0.25) is 0 Å². The molecule has 6 nitrogen and oxygen atoms in total. The SMILES string of the molecule is Cc1ccc(N)cc1-n1ccc2ncc(-c3cnccn3)n21. The second-order valence-corrected chi connectivity index (χ2v) is 5.11. The summed E-state index contributed by atoms with van der Waals surface area (Å²) in [6, 6.07) is 7.82. The molecule has 4 aromatic rings. The molecule has 0 aliphatic rings. The third-order valence-corrected chi connectivity index (χ3v) is 3.65. The molecular weight excluding hydrogens is 276 g/mol. The Morgan fingerprint density at radius 3 is 2.77 bits per heavy atom. The molecule has 0 spiro atoms. The van der Waals surface area contributed by atoms with Gasteiger partial charge in [-0.05, 0) is 24.6 Å². The molecule has 6 heteroatoms. The van der Waals surface area contributed by atoms with Crippen LogP contribution in [0, 0.1) is 6.92 Å². The molecule has 0 saturated heterocycles. The predicted molar refractivity (Wildman–Crippen MR) is 84.7 cm³/mol. The molecule has 0 aliphatic carbocycles. The van der Waals surface area contributed by atoms with Crippen LogP contribution < -0.4 is 5.73 Å². The standard InChI is InChI=1S/C16H14N6/c1-11-2-3-12(17)8-14(11)21-7-4-16-20-10-15(22(16)21)13-9-18-5-6-19-13/h2-10H,17H2,1H3. The van der Waals surface area contributed by atoms with Gasteiger partial charge in [0.15, 0.2) is 5.65 Å². The first kappa shape index (κ1) is 12.6. The topological polar surface area (TPSA) is 74.0 Å². The molecule has 108 valence electrons. The maximum atomic E-state index is 5.94. The number of anilines is 1. The Kier molecular flexibility index (Phi) is 2.69. The normalized spacial score (nSPS) is 11.1. The Morgan fingerprint density at radius 1 is 1.05 bits per heavy atom. The number of nitrogen functional groups attached to an aromatic ring is 1. The zero-order valence-corrected chi connectivity index (χ0v) is 12.0. The highest BCUT2D eigenvalue weighted by molar-refractivity contribution is 5.60. The van der Waals surface area contributed by atoms with Crippen molar-refractivity contribution in [1.29, 1.82) is 0 Å². The van der Waals surface area contributed by atoms with Crippen molar-refractivity contribution in [2.24, 2.45) is 0 Å². The second kappa shape index (κ2) is 4.70. The van der Waals surface area contributed by atoms with Crippen LogP contribution in [0.1, 0.15) is 5.56 Å². The molecule has 0 saturated carbocycles. The number of aromatic nitrogens is 5. The number of nitrogens with two attached hydrogens (primary N) is 1. The van der Waals surface area contributed by atoms with E-state index in [-0.39, 0.29) is 0 Å². The van der Waals surface area contributed by atoms with Gasteiger partial charge in [-0.25, -0.2) is 9.50 Å². The van der Waals surface area contributed by atoms with Crippen LogP contribution in [-0.4, -0.2) is 24.1 Å². The van der Waals surface area contributed by atoms with Crippen molar-refractivity contribution in [3.8, 4) is 17.1 Å². The number of hydrogen-bond acceptors (Lipinski definition) is 4. The second-order valence-electron chi connectivity index (χ2n) is 5.11. The van der Waals surface area contributed by atoms with Crippen LogP contribution in [0.2, 0.25) is 0 Å². The number of nitrogens with zero attached hydrogens (tertiary/aromatic N) is 5. The molecule has 1 aromatic carbocycles. The van der Waals surface area contributed by atoms with Crippen molar-refractivity contribution in [2.75, 3.05) is 5.73 Å². The van der Waals surface area contributed by atoms with E-state index in [2.05, 4.69) is 21.9 Å². The van der Waals surface area contributed by atoms with E-state index in [4.69, 9.17) is 5.73 Å². The zero-order chi connectivity index (χ0) is 15.1. The van der Waals surface area contributed by atoms with Gasteiger partial charge in [-0.1, -0.05) is 6.07 Å². The highest BCUT2D eigenvalue weighted by atomic mass is 15.4. The van der Waals surface area contributed by atoms with Crippen molar-refractivity contribution in [2.45, 2.75) is 6.92 Å². The van der Waals surface area contributed by atoms with E-state index in [0.717, 1.165) is 34.0 Å². The molecule has 0 amide bonds. The fourth-order valence-electron chi connectivity index (χ4n) is 2.57. The Labute approximate surface area is 126 Å². The monoisotopic (exact) mass is 290 g/mol. The van der Waals surface area contributed by atoms with E-state index < -0.39 is 0 Å². The lowest BCUT2D eigenvalue weighted by atomic mass is 10.2. The molecule has 0 unspecified atom stereocenters. The maximum absolute atomic E-state index is 5.94. The highest BCUT2D eigenvalue weighted by Gasteiger charge is 2.13. The number of imidazole rings is 1. The zero-order valence-electron chi connectivity index (χ0n) is 12.0. The Balaban J connectivity index is 2.00. The van der Waals surface area contributed by atoms with Crippen molar-refractivity contribution in [3.63, 3.8) is 0 Å². The first-order valence-electron chi connectivity index (χ1n) is 6.92. The first-order valence-corrected chi connectivity index (χ1v) is 6.92. The van der Waals surface area contributed by atoms with Gasteiger partial charge in [0.05, 0.1) is 18.1 Å². The van der Waals surface area contributed by atoms with E-state index in [1.165, 1.54) is 0 Å². The summed E-state index contributed by atoms with van der Waals surface area (Å²) < 4.78 is 4.03. The third-order valence-electron chi connectivity index (χ3n) is 3.65. The number of hydrogen-bond donors (Lipinski definition) is 1. The molecule has 22 heavy (non-hydrogen) atoms. The number of rotatable bonds is 2. The summed E-state index contributed by atoms with van der Waals surface area (Å²) in [4.78, 5) is 12.9. The lowest BCUT2D eigenvalue weighted by Gasteiger charge is -2.11. The minimum atomic E-state index is 0.726. The highest BCUT2D eigenvalue weighted by Crippen LogP contribution is 2.23.